The predicted molar refractivity (Wildman–Crippen MR) is 110 cm³/mol. The maximum absolute atomic E-state index is 12.7. The summed E-state index contributed by atoms with van der Waals surface area (Å²) in [6.45, 7) is 10.3. The van der Waals surface area contributed by atoms with E-state index in [-0.39, 0.29) is 52.3 Å². The van der Waals surface area contributed by atoms with Crippen LogP contribution in [0.25, 0.3) is 11.1 Å². The zero-order valence-corrected chi connectivity index (χ0v) is 20.5. The monoisotopic (exact) mass is 444 g/mol. The van der Waals surface area contributed by atoms with Gasteiger partial charge >= 0.3 is 0 Å². The number of terminal acetylenes is 1. The Labute approximate surface area is 189 Å². The van der Waals surface area contributed by atoms with Crippen molar-refractivity contribution in [3.8, 4) is 29.2 Å². The molecule has 145 valence electrons. The van der Waals surface area contributed by atoms with Crippen molar-refractivity contribution < 1.29 is 37.4 Å². The van der Waals surface area contributed by atoms with Gasteiger partial charge in [-0.1, -0.05) is 57.9 Å². The molecule has 2 aromatic rings. The largest absolute Gasteiger partial charge is 0.478 e. The van der Waals surface area contributed by atoms with Crippen LogP contribution in [-0.4, -0.2) is 16.4 Å². The number of hydrogen-bond donors (Lipinski definition) is 0. The molecule has 1 radical (unpaired) electrons. The summed E-state index contributed by atoms with van der Waals surface area (Å²) in [6.07, 6.45) is 6.05. The van der Waals surface area contributed by atoms with Crippen LogP contribution in [0.15, 0.2) is 29.1 Å². The number of aromatic nitrogens is 2. The third-order valence-corrected chi connectivity index (χ3v) is 3.58. The second-order valence-corrected chi connectivity index (χ2v) is 5.99. The molecule has 27 heavy (non-hydrogen) atoms. The van der Waals surface area contributed by atoms with E-state index in [1.807, 2.05) is 45.0 Å². The van der Waals surface area contributed by atoms with E-state index < -0.39 is 0 Å². The summed E-state index contributed by atoms with van der Waals surface area (Å²) in [4.78, 5) is 12.7. The summed E-state index contributed by atoms with van der Waals surface area (Å²) < 4.78 is 7.13. The van der Waals surface area contributed by atoms with E-state index in [4.69, 9.17) is 11.2 Å². The molecule has 1 aromatic heterocycles. The number of ether oxygens (including phenoxy) is 1. The van der Waals surface area contributed by atoms with E-state index in [0.29, 0.717) is 23.7 Å². The second kappa shape index (κ2) is 13.7. The van der Waals surface area contributed by atoms with E-state index in [9.17, 15) is 4.79 Å². The van der Waals surface area contributed by atoms with Crippen molar-refractivity contribution in [3.05, 3.63) is 53.3 Å². The van der Waals surface area contributed by atoms with Gasteiger partial charge in [0.15, 0.2) is 5.75 Å². The van der Waals surface area contributed by atoms with Crippen LogP contribution in [0, 0.1) is 32.6 Å². The van der Waals surface area contributed by atoms with E-state index in [0.717, 1.165) is 16.8 Å². The summed E-state index contributed by atoms with van der Waals surface area (Å²) >= 11 is 0. The van der Waals surface area contributed by atoms with Crippen LogP contribution in [0.3, 0.4) is 0 Å². The van der Waals surface area contributed by atoms with Crippen molar-refractivity contribution in [2.75, 3.05) is 6.61 Å². The topological polar surface area (TPSA) is 44.1 Å². The van der Waals surface area contributed by atoms with Crippen LogP contribution in [0.4, 0.5) is 0 Å². The van der Waals surface area contributed by atoms with Crippen LogP contribution in [-0.2, 0) is 46.2 Å². The van der Waals surface area contributed by atoms with Gasteiger partial charge in [0.1, 0.15) is 12.3 Å². The Hall–Kier alpha value is -1.44. The Kier molecular flexibility index (Phi) is 14.1. The third kappa shape index (κ3) is 7.24. The quantitative estimate of drug-likeness (QED) is 0.506. The predicted octanol–water partition coefficient (Wildman–Crippen LogP) is 4.44. The van der Waals surface area contributed by atoms with Crippen LogP contribution < -0.4 is 10.3 Å². The van der Waals surface area contributed by atoms with Gasteiger partial charge in [0.2, 0.25) is 0 Å². The van der Waals surface area contributed by atoms with Crippen molar-refractivity contribution in [2.24, 2.45) is 13.0 Å². The molecule has 0 saturated carbocycles. The molecule has 0 saturated heterocycles. The molecular weight excluding hydrogens is 413 g/mol. The van der Waals surface area contributed by atoms with Gasteiger partial charge in [0.05, 0.1) is 5.56 Å². The molecule has 0 atom stereocenters. The van der Waals surface area contributed by atoms with Crippen molar-refractivity contribution in [2.45, 2.75) is 41.0 Å². The van der Waals surface area contributed by atoms with Crippen LogP contribution >= 0.6 is 0 Å². The first-order chi connectivity index (χ1) is 12.0. The summed E-state index contributed by atoms with van der Waals surface area (Å²) in [5, 5.41) is 4.39. The molecule has 0 spiro atoms. The van der Waals surface area contributed by atoms with Gasteiger partial charge in [-0.2, -0.15) is 5.10 Å². The van der Waals surface area contributed by atoms with Crippen LogP contribution in [0.1, 0.15) is 39.0 Å². The fourth-order valence-corrected chi connectivity index (χ4v) is 2.56. The van der Waals surface area contributed by atoms with E-state index in [2.05, 4.69) is 24.9 Å². The molecule has 0 amide bonds. The van der Waals surface area contributed by atoms with E-state index in [1.165, 1.54) is 4.68 Å². The molecule has 0 aliphatic rings. The molecule has 0 unspecified atom stereocenters. The number of aryl methyl sites for hydroxylation is 2. The molecule has 1 aromatic carbocycles. The smallest absolute Gasteiger partial charge is 0.278 e. The Morgan fingerprint density at radius 2 is 1.85 bits per heavy atom. The number of hydrogen-bond acceptors (Lipinski definition) is 3. The number of nitrogens with zero attached hydrogens (tertiary/aromatic N) is 2. The first kappa shape index (κ1) is 27.8. The molecule has 1 heterocycles. The molecule has 4 nitrogen and oxygen atoms in total. The summed E-state index contributed by atoms with van der Waals surface area (Å²) in [5.74, 6) is 3.36. The van der Waals surface area contributed by atoms with E-state index >= 15 is 0 Å². The molecular formula is C22H31N2O2Y-. The van der Waals surface area contributed by atoms with Gasteiger partial charge in [-0.25, -0.2) is 4.68 Å². The number of rotatable bonds is 5. The fourth-order valence-electron chi connectivity index (χ4n) is 2.56. The fraction of sp³-hybridized carbons (Fsp3) is 0.409. The third-order valence-electron chi connectivity index (χ3n) is 3.58. The molecule has 2 rings (SSSR count). The van der Waals surface area contributed by atoms with Gasteiger partial charge < -0.3 is 12.2 Å². The van der Waals surface area contributed by atoms with Crippen molar-refractivity contribution in [1.82, 2.24) is 9.78 Å². The summed E-state index contributed by atoms with van der Waals surface area (Å²) in [6, 6.07) is 7.76. The molecule has 0 fully saturated rings. The Bertz CT molecular complexity index is 805. The maximum Gasteiger partial charge on any atom is 0.278 e. The van der Waals surface area contributed by atoms with Crippen LogP contribution in [0.5, 0.6) is 5.75 Å². The normalized spacial score (nSPS) is 9.26. The minimum absolute atomic E-state index is 0. The minimum Gasteiger partial charge on any atom is -0.478 e. The van der Waals surface area contributed by atoms with Crippen molar-refractivity contribution in [3.63, 3.8) is 0 Å². The molecule has 5 heteroatoms. The summed E-state index contributed by atoms with van der Waals surface area (Å²) in [5.41, 5.74) is 2.98. The summed E-state index contributed by atoms with van der Waals surface area (Å²) in [7, 11) is 1.67. The molecule has 0 aliphatic carbocycles. The van der Waals surface area contributed by atoms with Crippen LogP contribution in [0.2, 0.25) is 0 Å². The molecule has 0 aliphatic heterocycles. The second-order valence-electron chi connectivity index (χ2n) is 5.99. The maximum atomic E-state index is 12.7. The Morgan fingerprint density at radius 3 is 2.37 bits per heavy atom. The Morgan fingerprint density at radius 1 is 1.26 bits per heavy atom. The average Bonchev–Trinajstić information content (AvgIpc) is 2.59. The molecule has 0 N–H and O–H groups in total. The van der Waals surface area contributed by atoms with Crippen molar-refractivity contribution in [1.29, 1.82) is 0 Å². The van der Waals surface area contributed by atoms with Gasteiger partial charge in [0, 0.05) is 39.8 Å². The molecule has 0 bridgehead atoms. The van der Waals surface area contributed by atoms with Gasteiger partial charge in [0.25, 0.3) is 5.56 Å². The Balaban J connectivity index is 0. The SMILES string of the molecule is C#CCOc1c(CC(C)C)nn(C)c(=O)c1-c1ccccc1C.CC.[CH3-].[Y]. The van der Waals surface area contributed by atoms with Gasteiger partial charge in [-0.15, -0.1) is 6.42 Å². The zero-order chi connectivity index (χ0) is 19.0. The first-order valence-electron chi connectivity index (χ1n) is 8.68. The average molecular weight is 444 g/mol. The van der Waals surface area contributed by atoms with Crippen molar-refractivity contribution >= 4 is 0 Å². The number of benzene rings is 1. The standard InChI is InChI=1S/C19H22N2O2.C2H6.CH3.Y/c1-6-11-23-18-16(12-13(2)3)20-21(5)19(22)17(18)15-10-8-7-9-14(15)4;1-2;;/h1,7-10,13H,11-12H2,2-5H3;1-2H3;1H3;/q;;-1;. The van der Waals surface area contributed by atoms with Gasteiger partial charge in [-0.05, 0) is 30.4 Å². The zero-order valence-electron chi connectivity index (χ0n) is 17.7. The van der Waals surface area contributed by atoms with Gasteiger partial charge in [-0.3, -0.25) is 4.79 Å². The van der Waals surface area contributed by atoms with E-state index in [1.54, 1.807) is 7.05 Å². The first-order valence-corrected chi connectivity index (χ1v) is 8.68. The minimum atomic E-state index is -0.182.